The van der Waals surface area contributed by atoms with Crippen molar-refractivity contribution in [3.63, 3.8) is 0 Å². The zero-order valence-corrected chi connectivity index (χ0v) is 16.1. The maximum Gasteiger partial charge on any atom is 0.416 e. The molecule has 0 unspecified atom stereocenters. The molecule has 1 aromatic heterocycles. The van der Waals surface area contributed by atoms with Crippen LogP contribution in [-0.2, 0) is 17.4 Å². The molecule has 0 spiro atoms. The number of carbonyl (C=O) groups is 1. The van der Waals surface area contributed by atoms with Gasteiger partial charge in [-0.3, -0.25) is 4.79 Å². The van der Waals surface area contributed by atoms with Gasteiger partial charge in [-0.25, -0.2) is 0 Å². The summed E-state index contributed by atoms with van der Waals surface area (Å²) in [6, 6.07) is 9.60. The van der Waals surface area contributed by atoms with Gasteiger partial charge in [0.1, 0.15) is 11.5 Å². The zero-order chi connectivity index (χ0) is 21.7. The second-order valence-electron chi connectivity index (χ2n) is 6.20. The first-order valence-electron chi connectivity index (χ1n) is 8.82. The Morgan fingerprint density at radius 1 is 1.13 bits per heavy atom. The van der Waals surface area contributed by atoms with E-state index in [4.69, 9.17) is 14.0 Å². The average molecular weight is 421 g/mol. The lowest BCUT2D eigenvalue weighted by molar-refractivity contribution is -0.137. The highest BCUT2D eigenvalue weighted by Gasteiger charge is 2.30. The van der Waals surface area contributed by atoms with Gasteiger partial charge in [-0.15, -0.1) is 0 Å². The zero-order valence-electron chi connectivity index (χ0n) is 16.1. The molecule has 0 bridgehead atoms. The van der Waals surface area contributed by atoms with Gasteiger partial charge in [-0.1, -0.05) is 17.3 Å². The van der Waals surface area contributed by atoms with Crippen LogP contribution in [0, 0.1) is 0 Å². The van der Waals surface area contributed by atoms with E-state index < -0.39 is 11.7 Å². The fourth-order valence-corrected chi connectivity index (χ4v) is 2.65. The van der Waals surface area contributed by atoms with E-state index in [1.54, 1.807) is 18.2 Å². The first-order chi connectivity index (χ1) is 14.3. The Kier molecular flexibility index (Phi) is 6.24. The van der Waals surface area contributed by atoms with Crippen molar-refractivity contribution in [1.82, 2.24) is 10.1 Å². The summed E-state index contributed by atoms with van der Waals surface area (Å²) < 4.78 is 54.0. The smallest absolute Gasteiger partial charge is 0.416 e. The lowest BCUT2D eigenvalue weighted by Gasteiger charge is -2.11. The SMILES string of the molecule is COc1ccc(OC)c(NC(=O)CCc2nc(-c3cccc(C(F)(F)F)c3)no2)c1. The summed E-state index contributed by atoms with van der Waals surface area (Å²) in [5.41, 5.74) is -0.194. The number of nitrogens with zero attached hydrogens (tertiary/aromatic N) is 2. The van der Waals surface area contributed by atoms with Crippen LogP contribution >= 0.6 is 0 Å². The quantitative estimate of drug-likeness (QED) is 0.611. The van der Waals surface area contributed by atoms with Crippen LogP contribution in [0.15, 0.2) is 47.0 Å². The summed E-state index contributed by atoms with van der Waals surface area (Å²) in [6.45, 7) is 0. The van der Waals surface area contributed by atoms with Gasteiger partial charge in [0, 0.05) is 24.5 Å². The summed E-state index contributed by atoms with van der Waals surface area (Å²) in [7, 11) is 2.98. The van der Waals surface area contributed by atoms with Crippen LogP contribution < -0.4 is 14.8 Å². The highest BCUT2D eigenvalue weighted by molar-refractivity contribution is 5.92. The van der Waals surface area contributed by atoms with Gasteiger partial charge in [0.05, 0.1) is 25.5 Å². The number of aryl methyl sites for hydroxylation is 1. The van der Waals surface area contributed by atoms with Gasteiger partial charge in [0.2, 0.25) is 17.6 Å². The molecule has 10 heteroatoms. The Bertz CT molecular complexity index is 1030. The van der Waals surface area contributed by atoms with Crippen molar-refractivity contribution in [1.29, 1.82) is 0 Å². The van der Waals surface area contributed by atoms with Gasteiger partial charge in [-0.2, -0.15) is 18.2 Å². The molecule has 3 aromatic rings. The Balaban J connectivity index is 1.64. The lowest BCUT2D eigenvalue weighted by atomic mass is 10.1. The van der Waals surface area contributed by atoms with Crippen LogP contribution in [0.25, 0.3) is 11.4 Å². The summed E-state index contributed by atoms with van der Waals surface area (Å²) >= 11 is 0. The molecule has 1 heterocycles. The topological polar surface area (TPSA) is 86.5 Å². The molecule has 0 fully saturated rings. The van der Waals surface area contributed by atoms with Gasteiger partial charge < -0.3 is 19.3 Å². The van der Waals surface area contributed by atoms with Crippen LogP contribution in [0.4, 0.5) is 18.9 Å². The molecule has 0 saturated heterocycles. The number of methoxy groups -OCH3 is 2. The third-order valence-corrected chi connectivity index (χ3v) is 4.16. The van der Waals surface area contributed by atoms with Gasteiger partial charge in [0.25, 0.3) is 0 Å². The molecule has 2 aromatic carbocycles. The number of halogens is 3. The van der Waals surface area contributed by atoms with Gasteiger partial charge >= 0.3 is 6.18 Å². The average Bonchev–Trinajstić information content (AvgIpc) is 3.21. The van der Waals surface area contributed by atoms with Crippen molar-refractivity contribution in [3.8, 4) is 22.9 Å². The molecule has 1 N–H and O–H groups in total. The minimum Gasteiger partial charge on any atom is -0.497 e. The first kappa shape index (κ1) is 21.2. The number of rotatable bonds is 7. The number of carbonyl (C=O) groups excluding carboxylic acids is 1. The molecule has 0 atom stereocenters. The van der Waals surface area contributed by atoms with Crippen molar-refractivity contribution in [2.45, 2.75) is 19.0 Å². The molecule has 0 saturated carbocycles. The minimum absolute atomic E-state index is 0.0184. The predicted octanol–water partition coefficient (Wildman–Crippen LogP) is 4.34. The Hall–Kier alpha value is -3.56. The normalized spacial score (nSPS) is 11.2. The minimum atomic E-state index is -4.47. The van der Waals surface area contributed by atoms with E-state index in [0.717, 1.165) is 12.1 Å². The van der Waals surface area contributed by atoms with Gasteiger partial charge in [0.15, 0.2) is 0 Å². The Morgan fingerprint density at radius 3 is 2.63 bits per heavy atom. The number of ether oxygens (including phenoxy) is 2. The van der Waals surface area contributed by atoms with Crippen molar-refractivity contribution in [3.05, 3.63) is 53.9 Å². The Morgan fingerprint density at radius 2 is 1.93 bits per heavy atom. The number of nitrogens with one attached hydrogen (secondary N) is 1. The van der Waals surface area contributed by atoms with E-state index in [0.29, 0.717) is 17.2 Å². The van der Waals surface area contributed by atoms with E-state index in [1.165, 1.54) is 26.4 Å². The van der Waals surface area contributed by atoms with E-state index in [-0.39, 0.29) is 36.0 Å². The molecule has 0 aliphatic carbocycles. The fraction of sp³-hybridized carbons (Fsp3) is 0.250. The number of hydrogen-bond donors (Lipinski definition) is 1. The van der Waals surface area contributed by atoms with Crippen molar-refractivity contribution < 1.29 is 32.0 Å². The highest BCUT2D eigenvalue weighted by atomic mass is 19.4. The number of hydrogen-bond acceptors (Lipinski definition) is 6. The third-order valence-electron chi connectivity index (χ3n) is 4.16. The summed E-state index contributed by atoms with van der Waals surface area (Å²) in [5.74, 6) is 0.837. The van der Waals surface area contributed by atoms with E-state index in [9.17, 15) is 18.0 Å². The molecule has 0 radical (unpaired) electrons. The standard InChI is InChI=1S/C20H18F3N3O4/c1-28-14-6-7-16(29-2)15(11-14)24-17(27)8-9-18-25-19(26-30-18)12-4-3-5-13(10-12)20(21,22)23/h3-7,10-11H,8-9H2,1-2H3,(H,24,27). The molecule has 0 aliphatic rings. The predicted molar refractivity (Wildman–Crippen MR) is 101 cm³/mol. The molecule has 7 nitrogen and oxygen atoms in total. The second-order valence-corrected chi connectivity index (χ2v) is 6.20. The third kappa shape index (κ3) is 5.07. The molecule has 30 heavy (non-hydrogen) atoms. The maximum atomic E-state index is 12.9. The molecule has 3 rings (SSSR count). The molecular formula is C20H18F3N3O4. The molecule has 158 valence electrons. The molecule has 1 amide bonds. The van der Waals surface area contributed by atoms with Crippen LogP contribution in [-0.4, -0.2) is 30.3 Å². The number of benzene rings is 2. The largest absolute Gasteiger partial charge is 0.497 e. The monoisotopic (exact) mass is 421 g/mol. The van der Waals surface area contributed by atoms with Crippen LogP contribution in [0.1, 0.15) is 17.9 Å². The fourth-order valence-electron chi connectivity index (χ4n) is 2.65. The van der Waals surface area contributed by atoms with E-state index in [2.05, 4.69) is 15.5 Å². The van der Waals surface area contributed by atoms with Crippen LogP contribution in [0.2, 0.25) is 0 Å². The molecule has 0 aliphatic heterocycles. The number of aromatic nitrogens is 2. The summed E-state index contributed by atoms with van der Waals surface area (Å²) in [4.78, 5) is 16.3. The summed E-state index contributed by atoms with van der Waals surface area (Å²) in [6.07, 6.45) is -4.34. The van der Waals surface area contributed by atoms with E-state index >= 15 is 0 Å². The maximum absolute atomic E-state index is 12.9. The van der Waals surface area contributed by atoms with Crippen molar-refractivity contribution in [2.75, 3.05) is 19.5 Å². The van der Waals surface area contributed by atoms with Crippen molar-refractivity contribution >= 4 is 11.6 Å². The number of alkyl halides is 3. The van der Waals surface area contributed by atoms with E-state index in [1.807, 2.05) is 0 Å². The first-order valence-corrected chi connectivity index (χ1v) is 8.82. The van der Waals surface area contributed by atoms with Crippen LogP contribution in [0.3, 0.4) is 0 Å². The number of anilines is 1. The number of amides is 1. The highest BCUT2D eigenvalue weighted by Crippen LogP contribution is 2.32. The van der Waals surface area contributed by atoms with Crippen LogP contribution in [0.5, 0.6) is 11.5 Å². The molecular weight excluding hydrogens is 403 g/mol. The summed E-state index contributed by atoms with van der Waals surface area (Å²) in [5, 5.41) is 6.41. The van der Waals surface area contributed by atoms with Crippen molar-refractivity contribution in [2.24, 2.45) is 0 Å². The lowest BCUT2D eigenvalue weighted by Crippen LogP contribution is -2.13. The second kappa shape index (κ2) is 8.85. The Labute approximate surface area is 169 Å². The van der Waals surface area contributed by atoms with Gasteiger partial charge in [-0.05, 0) is 24.3 Å².